The Morgan fingerprint density at radius 2 is 2.32 bits per heavy atom. The van der Waals surface area contributed by atoms with Crippen LogP contribution in [0.3, 0.4) is 0 Å². The van der Waals surface area contributed by atoms with Crippen molar-refractivity contribution in [1.82, 2.24) is 13.6 Å². The number of hydrogen-bond acceptors (Lipinski definition) is 6. The number of thioether (sulfide) groups is 1. The van der Waals surface area contributed by atoms with E-state index in [2.05, 4.69) is 43.9 Å². The molecule has 0 spiro atoms. The molecular formula is C19H21N3OS2. The fraction of sp³-hybridized carbons (Fsp3) is 0.474. The maximum Gasteiger partial charge on any atom is 0.250 e. The van der Waals surface area contributed by atoms with E-state index in [4.69, 9.17) is 4.74 Å². The second kappa shape index (κ2) is 7.77. The fourth-order valence-electron chi connectivity index (χ4n) is 3.78. The summed E-state index contributed by atoms with van der Waals surface area (Å²) in [6.45, 7) is 3.87. The number of rotatable bonds is 4. The minimum atomic E-state index is 0.350. The zero-order chi connectivity index (χ0) is 17.1. The maximum absolute atomic E-state index is 5.86. The van der Waals surface area contributed by atoms with Crippen LogP contribution in [0.4, 0.5) is 0 Å². The Morgan fingerprint density at radius 1 is 1.36 bits per heavy atom. The summed E-state index contributed by atoms with van der Waals surface area (Å²) in [6.07, 6.45) is 4.67. The SMILES string of the molecule is CSc1cccc(C#CCOc2nsnc2[C@H]2CN3CCC[C@@H]2C3)c1. The van der Waals surface area contributed by atoms with Gasteiger partial charge >= 0.3 is 0 Å². The first-order valence-electron chi connectivity index (χ1n) is 8.64. The third-order valence-corrected chi connectivity index (χ3v) is 6.23. The molecule has 4 nitrogen and oxygen atoms in total. The summed E-state index contributed by atoms with van der Waals surface area (Å²) >= 11 is 2.98. The normalized spacial score (nSPS) is 24.6. The molecule has 0 radical (unpaired) electrons. The van der Waals surface area contributed by atoms with Gasteiger partial charge in [-0.25, -0.2) is 0 Å². The van der Waals surface area contributed by atoms with Crippen LogP contribution in [0.1, 0.15) is 30.0 Å². The predicted molar refractivity (Wildman–Crippen MR) is 102 cm³/mol. The highest BCUT2D eigenvalue weighted by atomic mass is 32.2. The maximum atomic E-state index is 5.86. The van der Waals surface area contributed by atoms with Gasteiger partial charge in [-0.15, -0.1) is 16.1 Å². The Kier molecular flexibility index (Phi) is 5.25. The largest absolute Gasteiger partial charge is 0.463 e. The third kappa shape index (κ3) is 3.84. The van der Waals surface area contributed by atoms with Gasteiger partial charge in [-0.2, -0.15) is 4.37 Å². The van der Waals surface area contributed by atoms with Crippen molar-refractivity contribution in [3.05, 3.63) is 35.5 Å². The quantitative estimate of drug-likeness (QED) is 0.607. The molecule has 3 heterocycles. The molecule has 1 aromatic carbocycles. The van der Waals surface area contributed by atoms with Gasteiger partial charge < -0.3 is 9.64 Å². The van der Waals surface area contributed by atoms with E-state index in [1.54, 1.807) is 11.8 Å². The molecule has 2 aliphatic rings. The van der Waals surface area contributed by atoms with Crippen LogP contribution < -0.4 is 4.74 Å². The number of piperidine rings is 1. The van der Waals surface area contributed by atoms with Gasteiger partial charge in [0.25, 0.3) is 0 Å². The van der Waals surface area contributed by atoms with Crippen molar-refractivity contribution >= 4 is 23.5 Å². The summed E-state index contributed by atoms with van der Waals surface area (Å²) in [5.74, 6) is 8.14. The van der Waals surface area contributed by atoms with Gasteiger partial charge in [0.1, 0.15) is 5.69 Å². The minimum absolute atomic E-state index is 0.350. The summed E-state index contributed by atoms with van der Waals surface area (Å²) in [6, 6.07) is 8.25. The van der Waals surface area contributed by atoms with Crippen molar-refractivity contribution in [3.8, 4) is 17.7 Å². The summed E-state index contributed by atoms with van der Waals surface area (Å²) in [5.41, 5.74) is 2.06. The Balaban J connectivity index is 1.40. The summed E-state index contributed by atoms with van der Waals surface area (Å²) in [4.78, 5) is 3.77. The first-order valence-corrected chi connectivity index (χ1v) is 10.6. The van der Waals surface area contributed by atoms with Crippen molar-refractivity contribution in [2.75, 3.05) is 32.5 Å². The Morgan fingerprint density at radius 3 is 3.20 bits per heavy atom. The first-order chi connectivity index (χ1) is 12.3. The lowest BCUT2D eigenvalue weighted by atomic mass is 9.89. The molecule has 2 saturated heterocycles. The van der Waals surface area contributed by atoms with Crippen molar-refractivity contribution in [2.45, 2.75) is 23.7 Å². The number of fused-ring (bicyclic) bond motifs is 2. The number of ether oxygens (including phenoxy) is 1. The van der Waals surface area contributed by atoms with E-state index >= 15 is 0 Å². The summed E-state index contributed by atoms with van der Waals surface area (Å²) in [7, 11) is 0. The molecule has 0 aliphatic carbocycles. The summed E-state index contributed by atoms with van der Waals surface area (Å²) < 4.78 is 14.8. The Hall–Kier alpha value is -1.55. The van der Waals surface area contributed by atoms with Crippen molar-refractivity contribution in [1.29, 1.82) is 0 Å². The van der Waals surface area contributed by atoms with Crippen LogP contribution in [0, 0.1) is 17.8 Å². The van der Waals surface area contributed by atoms with Crippen molar-refractivity contribution in [3.63, 3.8) is 0 Å². The van der Waals surface area contributed by atoms with E-state index in [0.29, 0.717) is 24.3 Å². The number of benzene rings is 1. The van der Waals surface area contributed by atoms with Gasteiger partial charge in [-0.05, 0) is 49.8 Å². The molecule has 0 saturated carbocycles. The molecular weight excluding hydrogens is 350 g/mol. The first kappa shape index (κ1) is 16.9. The monoisotopic (exact) mass is 371 g/mol. The van der Waals surface area contributed by atoms with E-state index in [-0.39, 0.29) is 0 Å². The van der Waals surface area contributed by atoms with E-state index in [0.717, 1.165) is 17.8 Å². The number of hydrogen-bond donors (Lipinski definition) is 0. The highest BCUT2D eigenvalue weighted by Gasteiger charge is 2.39. The van der Waals surface area contributed by atoms with Crippen LogP contribution >= 0.6 is 23.5 Å². The van der Waals surface area contributed by atoms with E-state index in [1.807, 2.05) is 12.1 Å². The lowest BCUT2D eigenvalue weighted by Crippen LogP contribution is -2.25. The number of nitrogens with zero attached hydrogens (tertiary/aromatic N) is 3. The molecule has 25 heavy (non-hydrogen) atoms. The second-order valence-electron chi connectivity index (χ2n) is 6.55. The van der Waals surface area contributed by atoms with Crippen molar-refractivity contribution < 1.29 is 4.74 Å². The van der Waals surface area contributed by atoms with Crippen LogP contribution in [-0.2, 0) is 0 Å². The highest BCUT2D eigenvalue weighted by Crippen LogP contribution is 2.40. The van der Waals surface area contributed by atoms with Gasteiger partial charge in [0.15, 0.2) is 6.61 Å². The van der Waals surface area contributed by atoms with Gasteiger partial charge in [0.2, 0.25) is 5.88 Å². The van der Waals surface area contributed by atoms with Crippen LogP contribution in [0.2, 0.25) is 0 Å². The van der Waals surface area contributed by atoms with Crippen LogP contribution in [0.15, 0.2) is 29.2 Å². The zero-order valence-corrected chi connectivity index (χ0v) is 15.9. The van der Waals surface area contributed by atoms with Crippen LogP contribution in [-0.4, -0.2) is 46.1 Å². The molecule has 4 rings (SSSR count). The second-order valence-corrected chi connectivity index (χ2v) is 7.95. The molecule has 130 valence electrons. The zero-order valence-electron chi connectivity index (χ0n) is 14.3. The summed E-state index contributed by atoms with van der Waals surface area (Å²) in [5, 5.41) is 0. The predicted octanol–water partition coefficient (Wildman–Crippen LogP) is 3.50. The van der Waals surface area contributed by atoms with Crippen LogP contribution in [0.5, 0.6) is 5.88 Å². The standard InChI is InChI=1S/C19H21N3OS2/c1-24-16-8-2-5-14(11-16)6-4-10-23-19-18(20-25-21-19)17-13-22-9-3-7-15(17)12-22/h2,5,8,11,15,17H,3,7,9-10,12-13H2,1H3/t15-,17+/m1/s1. The third-order valence-electron chi connectivity index (χ3n) is 4.98. The molecule has 0 amide bonds. The highest BCUT2D eigenvalue weighted by molar-refractivity contribution is 7.98. The molecule has 6 heteroatoms. The smallest absolute Gasteiger partial charge is 0.250 e. The molecule has 2 bridgehead atoms. The van der Waals surface area contributed by atoms with Gasteiger partial charge in [0, 0.05) is 29.5 Å². The average molecular weight is 372 g/mol. The molecule has 1 aromatic heterocycles. The minimum Gasteiger partial charge on any atom is -0.463 e. The molecule has 1 unspecified atom stereocenters. The Labute approximate surface area is 157 Å². The molecule has 0 N–H and O–H groups in total. The lowest BCUT2D eigenvalue weighted by molar-refractivity contribution is 0.269. The lowest BCUT2D eigenvalue weighted by Gasteiger charge is -2.21. The van der Waals surface area contributed by atoms with E-state index < -0.39 is 0 Å². The molecule has 2 fully saturated rings. The number of aromatic nitrogens is 2. The van der Waals surface area contributed by atoms with Gasteiger partial charge in [-0.1, -0.05) is 17.9 Å². The molecule has 2 aromatic rings. The fourth-order valence-corrected chi connectivity index (χ4v) is 4.80. The van der Waals surface area contributed by atoms with Crippen LogP contribution in [0.25, 0.3) is 0 Å². The Bertz CT molecular complexity index is 795. The van der Waals surface area contributed by atoms with Gasteiger partial charge in [-0.3, -0.25) is 0 Å². The average Bonchev–Trinajstić information content (AvgIpc) is 3.22. The van der Waals surface area contributed by atoms with E-state index in [1.165, 1.54) is 42.6 Å². The topological polar surface area (TPSA) is 38.3 Å². The molecule has 3 atom stereocenters. The van der Waals surface area contributed by atoms with Gasteiger partial charge in [0.05, 0.1) is 11.7 Å². The molecule has 2 aliphatic heterocycles. The van der Waals surface area contributed by atoms with E-state index in [9.17, 15) is 0 Å². The van der Waals surface area contributed by atoms with Crippen molar-refractivity contribution in [2.24, 2.45) is 5.92 Å².